The van der Waals surface area contributed by atoms with E-state index in [-0.39, 0.29) is 22.7 Å². The number of benzene rings is 1. The average molecular weight is 544 g/mol. The summed E-state index contributed by atoms with van der Waals surface area (Å²) in [5.74, 6) is 2.55. The van der Waals surface area contributed by atoms with Gasteiger partial charge in [-0.1, -0.05) is 38.1 Å². The van der Waals surface area contributed by atoms with Crippen LogP contribution in [0.4, 0.5) is 10.1 Å². The minimum Gasteiger partial charge on any atom is -0.339 e. The first-order valence-electron chi connectivity index (χ1n) is 14.9. The normalized spacial score (nSPS) is 32.0. The van der Waals surface area contributed by atoms with Crippen molar-refractivity contribution in [3.63, 3.8) is 0 Å². The molecule has 9 rings (SSSR count). The van der Waals surface area contributed by atoms with E-state index < -0.39 is 11.1 Å². The molecule has 6 saturated carbocycles. The number of halogens is 1. The van der Waals surface area contributed by atoms with Gasteiger partial charge < -0.3 is 9.42 Å². The van der Waals surface area contributed by atoms with Crippen LogP contribution in [-0.4, -0.2) is 38.2 Å². The van der Waals surface area contributed by atoms with Crippen molar-refractivity contribution < 1.29 is 13.7 Å². The molecule has 3 aromatic rings. The van der Waals surface area contributed by atoms with Gasteiger partial charge in [0.05, 0.1) is 5.41 Å². The molecule has 0 spiro atoms. The molecule has 1 amide bonds. The predicted octanol–water partition coefficient (Wildman–Crippen LogP) is 6.73. The summed E-state index contributed by atoms with van der Waals surface area (Å²) in [4.78, 5) is 30.1. The van der Waals surface area contributed by atoms with Gasteiger partial charge in [0.2, 0.25) is 11.8 Å². The molecule has 210 valence electrons. The Bertz CT molecular complexity index is 1400. The molecule has 0 radical (unpaired) electrons. The molecule has 2 heterocycles. The van der Waals surface area contributed by atoms with Gasteiger partial charge in [-0.2, -0.15) is 4.98 Å². The number of hydrogen-bond acceptors (Lipinski definition) is 6. The van der Waals surface area contributed by atoms with Crippen molar-refractivity contribution in [2.24, 2.45) is 10.8 Å². The summed E-state index contributed by atoms with van der Waals surface area (Å²) in [7, 11) is 0. The second-order valence-corrected chi connectivity index (χ2v) is 13.6. The number of aryl methyl sites for hydroxylation is 1. The molecule has 0 unspecified atom stereocenters. The Labute approximate surface area is 235 Å². The van der Waals surface area contributed by atoms with E-state index in [1.807, 2.05) is 41.6 Å². The van der Waals surface area contributed by atoms with E-state index in [1.165, 1.54) is 0 Å². The van der Waals surface area contributed by atoms with Crippen molar-refractivity contribution in [2.45, 2.75) is 102 Å². The lowest BCUT2D eigenvalue weighted by atomic mass is 9.41. The van der Waals surface area contributed by atoms with Crippen LogP contribution in [0.5, 0.6) is 0 Å². The molecule has 0 N–H and O–H groups in total. The average Bonchev–Trinajstić information content (AvgIpc) is 3.47. The molecule has 2 aromatic heterocycles. The molecule has 7 nitrogen and oxygen atoms in total. The number of fused-ring (bicyclic) bond motifs is 3. The maximum absolute atomic E-state index is 14.5. The van der Waals surface area contributed by atoms with Gasteiger partial charge in [0.15, 0.2) is 11.6 Å². The molecule has 8 heteroatoms. The van der Waals surface area contributed by atoms with Crippen molar-refractivity contribution in [1.82, 2.24) is 20.1 Å². The highest BCUT2D eigenvalue weighted by molar-refractivity contribution is 6.00. The summed E-state index contributed by atoms with van der Waals surface area (Å²) in [6.45, 7) is 6.91. The van der Waals surface area contributed by atoms with Crippen molar-refractivity contribution in [2.75, 3.05) is 11.4 Å². The van der Waals surface area contributed by atoms with Crippen LogP contribution in [0.25, 0.3) is 11.4 Å². The van der Waals surface area contributed by atoms with E-state index in [0.717, 1.165) is 73.5 Å². The van der Waals surface area contributed by atoms with E-state index in [4.69, 9.17) is 9.51 Å². The van der Waals surface area contributed by atoms with Gasteiger partial charge in [-0.3, -0.25) is 4.79 Å². The third kappa shape index (κ3) is 4.00. The van der Waals surface area contributed by atoms with Crippen LogP contribution in [-0.2, 0) is 16.6 Å². The first kappa shape index (κ1) is 25.8. The number of hydrogen-bond donors (Lipinski definition) is 0. The SMILES string of the molecule is CCc1cnc(-c2cccc(N(CC34CCC(c5nc(C(C)C)no5)(CC3)CC4)C(=O)C34CC(F)(C3)C4)c2)nc1. The van der Waals surface area contributed by atoms with Crippen molar-refractivity contribution in [3.8, 4) is 11.4 Å². The monoisotopic (exact) mass is 543 g/mol. The van der Waals surface area contributed by atoms with Gasteiger partial charge in [-0.05, 0) is 87.3 Å². The van der Waals surface area contributed by atoms with Gasteiger partial charge in [0.1, 0.15) is 5.67 Å². The number of rotatable bonds is 8. The lowest BCUT2D eigenvalue weighted by molar-refractivity contribution is -0.211. The van der Waals surface area contributed by atoms with Crippen LogP contribution >= 0.6 is 0 Å². The largest absolute Gasteiger partial charge is 0.339 e. The number of anilines is 1. The first-order chi connectivity index (χ1) is 19.2. The molecule has 6 aliphatic rings. The zero-order valence-electron chi connectivity index (χ0n) is 23.8. The molecule has 6 aliphatic carbocycles. The molecule has 6 fully saturated rings. The first-order valence-corrected chi connectivity index (χ1v) is 14.9. The third-order valence-electron chi connectivity index (χ3n) is 10.5. The zero-order chi connectivity index (χ0) is 27.8. The lowest BCUT2D eigenvalue weighted by Crippen LogP contribution is -2.71. The number of nitrogens with zero attached hydrogens (tertiary/aromatic N) is 5. The van der Waals surface area contributed by atoms with Crippen LogP contribution in [0.1, 0.15) is 102 Å². The highest BCUT2D eigenvalue weighted by atomic mass is 19.1. The van der Waals surface area contributed by atoms with E-state index in [0.29, 0.717) is 31.6 Å². The summed E-state index contributed by atoms with van der Waals surface area (Å²) in [6, 6.07) is 8.02. The number of carbonyl (C=O) groups is 1. The minimum atomic E-state index is -1.12. The fourth-order valence-electron chi connectivity index (χ4n) is 7.80. The number of amides is 1. The third-order valence-corrected chi connectivity index (χ3v) is 10.5. The van der Waals surface area contributed by atoms with Crippen LogP contribution in [0.15, 0.2) is 41.2 Å². The Morgan fingerprint density at radius 2 is 1.73 bits per heavy atom. The Morgan fingerprint density at radius 3 is 2.30 bits per heavy atom. The molecule has 0 saturated heterocycles. The topological polar surface area (TPSA) is 85.0 Å². The zero-order valence-corrected chi connectivity index (χ0v) is 23.8. The van der Waals surface area contributed by atoms with Crippen molar-refractivity contribution in [3.05, 3.63) is 53.9 Å². The highest BCUT2D eigenvalue weighted by Gasteiger charge is 2.73. The Kier molecular flexibility index (Phi) is 5.75. The fourth-order valence-corrected chi connectivity index (χ4v) is 7.80. The van der Waals surface area contributed by atoms with Crippen LogP contribution < -0.4 is 4.90 Å². The Hall–Kier alpha value is -3.16. The number of carbonyl (C=O) groups excluding carboxylic acids is 1. The van der Waals surface area contributed by atoms with Gasteiger partial charge in [0, 0.05) is 41.5 Å². The molecule has 40 heavy (non-hydrogen) atoms. The number of alkyl halides is 1. The van der Waals surface area contributed by atoms with E-state index in [1.54, 1.807) is 0 Å². The molecule has 0 aliphatic heterocycles. The van der Waals surface area contributed by atoms with Crippen LogP contribution in [0, 0.1) is 10.8 Å². The summed E-state index contributed by atoms with van der Waals surface area (Å²) >= 11 is 0. The molecule has 4 bridgehead atoms. The second-order valence-electron chi connectivity index (χ2n) is 13.6. The van der Waals surface area contributed by atoms with Crippen molar-refractivity contribution in [1.29, 1.82) is 0 Å². The predicted molar refractivity (Wildman–Crippen MR) is 150 cm³/mol. The maximum Gasteiger partial charge on any atom is 0.233 e. The standard InChI is InChI=1S/C32H38FN5O2/c1-4-22-15-34-26(35-16-22)23-6-5-7-24(14-23)38(28(39)31-17-32(33,18-31)19-31)20-29-8-11-30(12-9-29,13-10-29)27-36-25(21(2)3)37-40-27/h5-7,14-16,21H,4,8-13,17-20H2,1-3H3. The van der Waals surface area contributed by atoms with E-state index in [2.05, 4.69) is 35.9 Å². The summed E-state index contributed by atoms with van der Waals surface area (Å²) < 4.78 is 20.3. The summed E-state index contributed by atoms with van der Waals surface area (Å²) in [5, 5.41) is 4.25. The molecular weight excluding hydrogens is 505 g/mol. The van der Waals surface area contributed by atoms with Gasteiger partial charge in [-0.15, -0.1) is 0 Å². The summed E-state index contributed by atoms with van der Waals surface area (Å²) in [6.07, 6.45) is 11.7. The minimum absolute atomic E-state index is 0.0323. The number of aromatic nitrogens is 4. The van der Waals surface area contributed by atoms with Crippen LogP contribution in [0.3, 0.4) is 0 Å². The quantitative estimate of drug-likeness (QED) is 0.313. The highest BCUT2D eigenvalue weighted by Crippen LogP contribution is 2.70. The van der Waals surface area contributed by atoms with Gasteiger partial charge >= 0.3 is 0 Å². The van der Waals surface area contributed by atoms with Crippen LogP contribution in [0.2, 0.25) is 0 Å². The van der Waals surface area contributed by atoms with Gasteiger partial charge in [-0.25, -0.2) is 14.4 Å². The molecule has 0 atom stereocenters. The van der Waals surface area contributed by atoms with E-state index >= 15 is 0 Å². The maximum atomic E-state index is 14.5. The molecular formula is C32H38FN5O2. The Morgan fingerprint density at radius 1 is 1.05 bits per heavy atom. The smallest absolute Gasteiger partial charge is 0.233 e. The second kappa shape index (κ2) is 8.92. The van der Waals surface area contributed by atoms with Crippen molar-refractivity contribution >= 4 is 11.6 Å². The van der Waals surface area contributed by atoms with E-state index in [9.17, 15) is 9.18 Å². The molecule has 1 aromatic carbocycles. The van der Waals surface area contributed by atoms with Gasteiger partial charge in [0.25, 0.3) is 0 Å². The lowest BCUT2D eigenvalue weighted by Gasteiger charge is -2.65. The Balaban J connectivity index is 1.16. The summed E-state index contributed by atoms with van der Waals surface area (Å²) in [5.41, 5.74) is 1.16. The fraction of sp³-hybridized carbons (Fsp3) is 0.594.